The van der Waals surface area contributed by atoms with Crippen LogP contribution < -0.4 is 0 Å². The first-order valence-corrected chi connectivity index (χ1v) is 8.29. The topological polar surface area (TPSA) is 38.8 Å². The van der Waals surface area contributed by atoms with Crippen LogP contribution in [0.1, 0.15) is 58.3 Å². The molecule has 4 heteroatoms. The molecule has 114 valence electrons. The van der Waals surface area contributed by atoms with Crippen LogP contribution in [0.15, 0.2) is 0 Å². The third-order valence-electron chi connectivity index (χ3n) is 5.04. The van der Waals surface area contributed by atoms with Crippen molar-refractivity contribution in [1.29, 1.82) is 0 Å². The van der Waals surface area contributed by atoms with Gasteiger partial charge in [-0.05, 0) is 19.8 Å². The van der Waals surface area contributed by atoms with Crippen LogP contribution in [0, 0.1) is 5.92 Å². The number of carbonyl (C=O) groups is 1. The monoisotopic (exact) mass is 281 g/mol. The Morgan fingerprint density at radius 1 is 1.10 bits per heavy atom. The summed E-state index contributed by atoms with van der Waals surface area (Å²) >= 11 is 0. The van der Waals surface area contributed by atoms with E-state index in [0.717, 1.165) is 38.8 Å². The van der Waals surface area contributed by atoms with E-state index >= 15 is 0 Å². The lowest BCUT2D eigenvalue weighted by molar-refractivity contribution is -0.195. The smallest absolute Gasteiger partial charge is 0.225 e. The van der Waals surface area contributed by atoms with Gasteiger partial charge in [0.1, 0.15) is 0 Å². The molecular formula is C16H27NO3. The molecule has 3 rings (SSSR count). The van der Waals surface area contributed by atoms with Crippen molar-refractivity contribution in [2.75, 3.05) is 19.7 Å². The van der Waals surface area contributed by atoms with E-state index in [9.17, 15) is 4.79 Å². The van der Waals surface area contributed by atoms with E-state index in [1.165, 1.54) is 25.7 Å². The molecule has 0 aromatic heterocycles. The Kier molecular flexibility index (Phi) is 4.32. The van der Waals surface area contributed by atoms with Gasteiger partial charge in [-0.3, -0.25) is 4.79 Å². The Hall–Kier alpha value is -0.610. The summed E-state index contributed by atoms with van der Waals surface area (Å²) in [6, 6.07) is 0. The Balaban J connectivity index is 1.53. The molecule has 2 saturated heterocycles. The van der Waals surface area contributed by atoms with Crippen molar-refractivity contribution in [3.05, 3.63) is 0 Å². The van der Waals surface area contributed by atoms with Crippen LogP contribution in [0.2, 0.25) is 0 Å². The predicted octanol–water partition coefficient (Wildman–Crippen LogP) is 2.71. The number of nitrogens with zero attached hydrogens (tertiary/aromatic N) is 1. The second-order valence-electron chi connectivity index (χ2n) is 6.66. The molecule has 1 atom stereocenters. The first-order chi connectivity index (χ1) is 9.69. The lowest BCUT2D eigenvalue weighted by atomic mass is 9.96. The molecule has 0 N–H and O–H groups in total. The molecule has 1 amide bonds. The summed E-state index contributed by atoms with van der Waals surface area (Å²) in [6.07, 6.45) is 9.06. The minimum Gasteiger partial charge on any atom is -0.347 e. The van der Waals surface area contributed by atoms with E-state index in [0.29, 0.717) is 12.5 Å². The Morgan fingerprint density at radius 2 is 1.75 bits per heavy atom. The number of hydrogen-bond acceptors (Lipinski definition) is 3. The molecule has 4 nitrogen and oxygen atoms in total. The van der Waals surface area contributed by atoms with E-state index in [2.05, 4.69) is 11.8 Å². The number of likely N-dealkylation sites (tertiary alicyclic amines) is 1. The number of ether oxygens (including phenoxy) is 2. The van der Waals surface area contributed by atoms with Crippen LogP contribution >= 0.6 is 0 Å². The van der Waals surface area contributed by atoms with Crippen LogP contribution in [0.5, 0.6) is 0 Å². The van der Waals surface area contributed by atoms with Gasteiger partial charge < -0.3 is 14.4 Å². The van der Waals surface area contributed by atoms with Crippen LogP contribution in [0.4, 0.5) is 0 Å². The van der Waals surface area contributed by atoms with Gasteiger partial charge in [0.15, 0.2) is 5.79 Å². The zero-order chi connectivity index (χ0) is 14.0. The standard InChI is InChI=1S/C16H27NO3/c1-13-12-19-16(20-13)8-10-17(11-9-16)15(18)14-6-4-2-3-5-7-14/h13-14H,2-12H2,1H3. The molecule has 0 radical (unpaired) electrons. The number of rotatable bonds is 1. The molecule has 2 heterocycles. The lowest BCUT2D eigenvalue weighted by Gasteiger charge is -2.39. The highest BCUT2D eigenvalue weighted by molar-refractivity contribution is 5.79. The van der Waals surface area contributed by atoms with Gasteiger partial charge in [-0.15, -0.1) is 0 Å². The second-order valence-corrected chi connectivity index (χ2v) is 6.66. The molecule has 3 fully saturated rings. The molecule has 1 spiro atoms. The molecule has 1 aliphatic carbocycles. The number of amides is 1. The van der Waals surface area contributed by atoms with Gasteiger partial charge in [-0.1, -0.05) is 25.7 Å². The van der Waals surface area contributed by atoms with Crippen molar-refractivity contribution in [3.8, 4) is 0 Å². The maximum absolute atomic E-state index is 12.6. The molecule has 0 aromatic carbocycles. The number of carbonyl (C=O) groups excluding carboxylic acids is 1. The van der Waals surface area contributed by atoms with Crippen LogP contribution in [-0.4, -0.2) is 42.4 Å². The summed E-state index contributed by atoms with van der Waals surface area (Å²) < 4.78 is 11.8. The van der Waals surface area contributed by atoms with E-state index in [1.807, 2.05) is 0 Å². The molecule has 3 aliphatic rings. The van der Waals surface area contributed by atoms with Gasteiger partial charge in [0, 0.05) is 31.8 Å². The maximum atomic E-state index is 12.6. The third-order valence-corrected chi connectivity index (χ3v) is 5.04. The zero-order valence-electron chi connectivity index (χ0n) is 12.6. The molecule has 2 aliphatic heterocycles. The normalized spacial score (nSPS) is 31.4. The molecule has 1 saturated carbocycles. The van der Waals surface area contributed by atoms with Gasteiger partial charge in [-0.2, -0.15) is 0 Å². The fourth-order valence-electron chi connectivity index (χ4n) is 3.82. The van der Waals surface area contributed by atoms with Crippen molar-refractivity contribution in [2.24, 2.45) is 5.92 Å². The molecular weight excluding hydrogens is 254 g/mol. The van der Waals surface area contributed by atoms with Gasteiger partial charge in [0.05, 0.1) is 12.7 Å². The Morgan fingerprint density at radius 3 is 2.30 bits per heavy atom. The number of hydrogen-bond donors (Lipinski definition) is 0. The zero-order valence-corrected chi connectivity index (χ0v) is 12.6. The average Bonchev–Trinajstić information content (AvgIpc) is 2.69. The third kappa shape index (κ3) is 3.01. The van der Waals surface area contributed by atoms with Crippen molar-refractivity contribution < 1.29 is 14.3 Å². The molecule has 20 heavy (non-hydrogen) atoms. The van der Waals surface area contributed by atoms with Gasteiger partial charge in [0.2, 0.25) is 5.91 Å². The summed E-state index contributed by atoms with van der Waals surface area (Å²) in [6.45, 7) is 4.33. The highest BCUT2D eigenvalue weighted by Crippen LogP contribution is 2.35. The second kappa shape index (κ2) is 6.02. The summed E-state index contributed by atoms with van der Waals surface area (Å²) in [5.41, 5.74) is 0. The minimum absolute atomic E-state index is 0.194. The van der Waals surface area contributed by atoms with Crippen molar-refractivity contribution >= 4 is 5.91 Å². The van der Waals surface area contributed by atoms with E-state index in [4.69, 9.17) is 9.47 Å². The minimum atomic E-state index is -0.389. The summed E-state index contributed by atoms with van der Waals surface area (Å²) in [4.78, 5) is 14.7. The Labute approximate surface area is 121 Å². The van der Waals surface area contributed by atoms with E-state index < -0.39 is 0 Å². The average molecular weight is 281 g/mol. The van der Waals surface area contributed by atoms with Crippen molar-refractivity contribution in [3.63, 3.8) is 0 Å². The van der Waals surface area contributed by atoms with E-state index in [-0.39, 0.29) is 17.8 Å². The van der Waals surface area contributed by atoms with Gasteiger partial charge in [0.25, 0.3) is 0 Å². The summed E-state index contributed by atoms with van der Waals surface area (Å²) in [5.74, 6) is 0.267. The summed E-state index contributed by atoms with van der Waals surface area (Å²) in [7, 11) is 0. The summed E-state index contributed by atoms with van der Waals surface area (Å²) in [5, 5.41) is 0. The maximum Gasteiger partial charge on any atom is 0.225 e. The first kappa shape index (κ1) is 14.3. The fourth-order valence-corrected chi connectivity index (χ4v) is 3.82. The van der Waals surface area contributed by atoms with Crippen LogP contribution in [0.3, 0.4) is 0 Å². The van der Waals surface area contributed by atoms with Crippen molar-refractivity contribution in [2.45, 2.75) is 70.2 Å². The largest absolute Gasteiger partial charge is 0.347 e. The fraction of sp³-hybridized carbons (Fsp3) is 0.938. The highest BCUT2D eigenvalue weighted by atomic mass is 16.7. The van der Waals surface area contributed by atoms with Crippen LogP contribution in [0.25, 0.3) is 0 Å². The van der Waals surface area contributed by atoms with Crippen LogP contribution in [-0.2, 0) is 14.3 Å². The molecule has 0 bridgehead atoms. The van der Waals surface area contributed by atoms with Gasteiger partial charge in [-0.25, -0.2) is 0 Å². The highest BCUT2D eigenvalue weighted by Gasteiger charge is 2.43. The first-order valence-electron chi connectivity index (χ1n) is 8.29. The van der Waals surface area contributed by atoms with E-state index in [1.54, 1.807) is 0 Å². The Bertz CT molecular complexity index is 342. The lowest BCUT2D eigenvalue weighted by Crippen LogP contribution is -2.49. The molecule has 1 unspecified atom stereocenters. The SMILES string of the molecule is CC1COC2(CCN(C(=O)C3CCCCCC3)CC2)O1. The van der Waals surface area contributed by atoms with Gasteiger partial charge >= 0.3 is 0 Å². The quantitative estimate of drug-likeness (QED) is 0.694. The predicted molar refractivity (Wildman–Crippen MR) is 76.2 cm³/mol. The molecule has 0 aromatic rings. The van der Waals surface area contributed by atoms with Crippen molar-refractivity contribution in [1.82, 2.24) is 4.90 Å². The number of piperidine rings is 1.